The number of nitrogens with one attached hydrogen (secondary N) is 1. The van der Waals surface area contributed by atoms with Gasteiger partial charge in [-0.1, -0.05) is 31.2 Å². The second-order valence-corrected chi connectivity index (χ2v) is 7.83. The van der Waals surface area contributed by atoms with Crippen LogP contribution >= 0.6 is 0 Å². The molecule has 0 aliphatic carbocycles. The number of benzene rings is 2. The molecule has 2 aliphatic rings. The number of rotatable bonds is 4. The molecule has 2 aromatic carbocycles. The summed E-state index contributed by atoms with van der Waals surface area (Å²) in [6, 6.07) is 12.0. The quantitative estimate of drug-likeness (QED) is 0.822. The lowest BCUT2D eigenvalue weighted by Gasteiger charge is -2.45. The topological polar surface area (TPSA) is 57.1 Å². The van der Waals surface area contributed by atoms with Crippen molar-refractivity contribution >= 4 is 5.71 Å². The Hall–Kier alpha value is -2.44. The van der Waals surface area contributed by atoms with Crippen LogP contribution in [0.5, 0.6) is 11.5 Å². The first-order chi connectivity index (χ1) is 14.0. The monoisotopic (exact) mass is 397 g/mol. The van der Waals surface area contributed by atoms with Crippen LogP contribution < -0.4 is 10.1 Å². The summed E-state index contributed by atoms with van der Waals surface area (Å²) in [6.45, 7) is 5.16. The van der Waals surface area contributed by atoms with E-state index in [-0.39, 0.29) is 23.3 Å². The molecule has 2 aromatic rings. The standard InChI is InChI=1S/C23H28FN3O2/c1-3-27-13-11-23(12-14-27)25-19(16-7-9-17(24)10-8-16)15-20(26-23)18-5-4-6-21(29-2)22(18)28/h4-10,20,26,28H,3,11-15H2,1-2H3/t20-/m0/s1. The molecule has 1 atom stereocenters. The number of halogens is 1. The van der Waals surface area contributed by atoms with Crippen molar-refractivity contribution in [2.45, 2.75) is 37.9 Å². The lowest BCUT2D eigenvalue weighted by Crippen LogP contribution is -2.56. The van der Waals surface area contributed by atoms with Crippen molar-refractivity contribution in [2.75, 3.05) is 26.7 Å². The van der Waals surface area contributed by atoms with Gasteiger partial charge in [-0.15, -0.1) is 0 Å². The summed E-state index contributed by atoms with van der Waals surface area (Å²) < 4.78 is 18.8. The normalized spacial score (nSPS) is 21.8. The van der Waals surface area contributed by atoms with Crippen LogP contribution in [0, 0.1) is 5.82 Å². The Labute approximate surface area is 171 Å². The number of phenolic OH excluding ortho intramolecular Hbond substituents is 1. The molecule has 5 nitrogen and oxygen atoms in total. The molecular weight excluding hydrogens is 369 g/mol. The summed E-state index contributed by atoms with van der Waals surface area (Å²) in [5.41, 5.74) is 2.29. The van der Waals surface area contributed by atoms with Gasteiger partial charge in [-0.05, 0) is 43.1 Å². The molecule has 0 amide bonds. The van der Waals surface area contributed by atoms with Gasteiger partial charge in [0.2, 0.25) is 0 Å². The van der Waals surface area contributed by atoms with Crippen molar-refractivity contribution in [2.24, 2.45) is 4.99 Å². The Morgan fingerprint density at radius 1 is 1.21 bits per heavy atom. The molecule has 0 saturated carbocycles. The number of piperidine rings is 1. The highest BCUT2D eigenvalue weighted by atomic mass is 19.1. The second-order valence-electron chi connectivity index (χ2n) is 7.83. The minimum absolute atomic E-state index is 0.101. The SMILES string of the molecule is CCN1CCC2(CC1)N=C(c1ccc(F)cc1)C[C@@H](c1cccc(OC)c1O)N2. The molecule has 6 heteroatoms. The smallest absolute Gasteiger partial charge is 0.162 e. The highest BCUT2D eigenvalue weighted by molar-refractivity contribution is 6.01. The van der Waals surface area contributed by atoms with Crippen LogP contribution in [0.15, 0.2) is 47.5 Å². The lowest BCUT2D eigenvalue weighted by atomic mass is 9.87. The van der Waals surface area contributed by atoms with Crippen LogP contribution in [0.1, 0.15) is 43.4 Å². The zero-order valence-corrected chi connectivity index (χ0v) is 17.0. The van der Waals surface area contributed by atoms with Gasteiger partial charge in [0.15, 0.2) is 11.5 Å². The lowest BCUT2D eigenvalue weighted by molar-refractivity contribution is 0.129. The Kier molecular flexibility index (Phi) is 5.56. The van der Waals surface area contributed by atoms with Crippen LogP contribution in [0.4, 0.5) is 4.39 Å². The van der Waals surface area contributed by atoms with Crippen molar-refractivity contribution in [3.05, 3.63) is 59.4 Å². The molecule has 2 heterocycles. The molecule has 2 N–H and O–H groups in total. The molecule has 1 fully saturated rings. The van der Waals surface area contributed by atoms with Crippen molar-refractivity contribution < 1.29 is 14.2 Å². The minimum atomic E-state index is -0.381. The zero-order chi connectivity index (χ0) is 20.4. The molecule has 0 radical (unpaired) electrons. The first kappa shape index (κ1) is 19.9. The molecule has 0 unspecified atom stereocenters. The van der Waals surface area contributed by atoms with Crippen LogP contribution in [0.25, 0.3) is 0 Å². The number of aliphatic imine (C=N–C) groups is 1. The van der Waals surface area contributed by atoms with E-state index >= 15 is 0 Å². The van der Waals surface area contributed by atoms with Gasteiger partial charge in [-0.2, -0.15) is 0 Å². The predicted molar refractivity (Wildman–Crippen MR) is 112 cm³/mol. The van der Waals surface area contributed by atoms with Gasteiger partial charge >= 0.3 is 0 Å². The van der Waals surface area contributed by atoms with E-state index in [4.69, 9.17) is 9.73 Å². The molecule has 2 aliphatic heterocycles. The average Bonchev–Trinajstić information content (AvgIpc) is 2.74. The number of aromatic hydroxyl groups is 1. The van der Waals surface area contributed by atoms with E-state index in [2.05, 4.69) is 17.1 Å². The molecule has 1 saturated heterocycles. The third kappa shape index (κ3) is 4.00. The van der Waals surface area contributed by atoms with Crippen LogP contribution in [-0.4, -0.2) is 48.1 Å². The summed E-state index contributed by atoms with van der Waals surface area (Å²) in [7, 11) is 1.56. The summed E-state index contributed by atoms with van der Waals surface area (Å²) >= 11 is 0. The summed E-state index contributed by atoms with van der Waals surface area (Å²) in [5, 5.41) is 14.5. The zero-order valence-electron chi connectivity index (χ0n) is 17.0. The van der Waals surface area contributed by atoms with Gasteiger partial charge in [0.1, 0.15) is 11.5 Å². The van der Waals surface area contributed by atoms with Crippen molar-refractivity contribution in [3.8, 4) is 11.5 Å². The number of para-hydroxylation sites is 1. The largest absolute Gasteiger partial charge is 0.504 e. The summed E-state index contributed by atoms with van der Waals surface area (Å²) in [5.74, 6) is 0.371. The average molecular weight is 397 g/mol. The third-order valence-electron chi connectivity index (χ3n) is 6.12. The molecule has 0 bridgehead atoms. The van der Waals surface area contributed by atoms with E-state index < -0.39 is 0 Å². The van der Waals surface area contributed by atoms with E-state index in [0.717, 1.165) is 49.3 Å². The fourth-order valence-electron chi connectivity index (χ4n) is 4.40. The predicted octanol–water partition coefficient (Wildman–Crippen LogP) is 3.88. The van der Waals surface area contributed by atoms with Crippen molar-refractivity contribution in [3.63, 3.8) is 0 Å². The first-order valence-electron chi connectivity index (χ1n) is 10.2. The summed E-state index contributed by atoms with van der Waals surface area (Å²) in [6.07, 6.45) is 2.41. The van der Waals surface area contributed by atoms with E-state index in [1.54, 1.807) is 25.3 Å². The maximum atomic E-state index is 13.5. The van der Waals surface area contributed by atoms with E-state index in [1.165, 1.54) is 12.1 Å². The molecule has 29 heavy (non-hydrogen) atoms. The van der Waals surface area contributed by atoms with Gasteiger partial charge < -0.3 is 14.7 Å². The number of phenols is 1. The number of methoxy groups -OCH3 is 1. The fraction of sp³-hybridized carbons (Fsp3) is 0.435. The van der Waals surface area contributed by atoms with E-state index in [9.17, 15) is 9.50 Å². The molecule has 4 rings (SSSR count). The highest BCUT2D eigenvalue weighted by Crippen LogP contribution is 2.40. The molecule has 1 spiro atoms. The number of likely N-dealkylation sites (tertiary alicyclic amines) is 1. The fourth-order valence-corrected chi connectivity index (χ4v) is 4.40. The Morgan fingerprint density at radius 2 is 1.93 bits per heavy atom. The third-order valence-corrected chi connectivity index (χ3v) is 6.12. The highest BCUT2D eigenvalue weighted by Gasteiger charge is 2.40. The number of nitrogens with zero attached hydrogens (tertiary/aromatic N) is 2. The van der Waals surface area contributed by atoms with Gasteiger partial charge in [0.05, 0.1) is 7.11 Å². The Morgan fingerprint density at radius 3 is 2.59 bits per heavy atom. The Bertz CT molecular complexity index is 889. The van der Waals surface area contributed by atoms with E-state index in [0.29, 0.717) is 12.2 Å². The molecule has 0 aromatic heterocycles. The first-order valence-corrected chi connectivity index (χ1v) is 10.2. The van der Waals surface area contributed by atoms with Crippen LogP contribution in [-0.2, 0) is 0 Å². The Balaban J connectivity index is 1.72. The molecule has 154 valence electrons. The van der Waals surface area contributed by atoms with Crippen LogP contribution in [0.2, 0.25) is 0 Å². The minimum Gasteiger partial charge on any atom is -0.504 e. The maximum absolute atomic E-state index is 13.5. The van der Waals surface area contributed by atoms with E-state index in [1.807, 2.05) is 12.1 Å². The van der Waals surface area contributed by atoms with Gasteiger partial charge in [-0.25, -0.2) is 4.39 Å². The van der Waals surface area contributed by atoms with Crippen LogP contribution in [0.3, 0.4) is 0 Å². The number of hydrogen-bond acceptors (Lipinski definition) is 5. The van der Waals surface area contributed by atoms with Gasteiger partial charge in [0, 0.05) is 36.8 Å². The van der Waals surface area contributed by atoms with Crippen molar-refractivity contribution in [1.82, 2.24) is 10.2 Å². The maximum Gasteiger partial charge on any atom is 0.162 e. The second kappa shape index (κ2) is 8.13. The van der Waals surface area contributed by atoms with Crippen molar-refractivity contribution in [1.29, 1.82) is 0 Å². The number of hydrogen-bond donors (Lipinski definition) is 2. The summed E-state index contributed by atoms with van der Waals surface area (Å²) in [4.78, 5) is 7.56. The van der Waals surface area contributed by atoms with Gasteiger partial charge in [0.25, 0.3) is 0 Å². The molecular formula is C23H28FN3O2. The number of ether oxygens (including phenoxy) is 1. The van der Waals surface area contributed by atoms with Gasteiger partial charge in [-0.3, -0.25) is 10.3 Å².